The van der Waals surface area contributed by atoms with Crippen molar-refractivity contribution >= 4 is 28.4 Å². The first-order valence-corrected chi connectivity index (χ1v) is 6.46. The van der Waals surface area contributed by atoms with Crippen molar-refractivity contribution in [1.82, 2.24) is 10.3 Å². The number of amides is 1. The van der Waals surface area contributed by atoms with Crippen molar-refractivity contribution < 1.29 is 9.90 Å². The Hall–Kier alpha value is -1.65. The molecule has 1 unspecified atom stereocenters. The molecule has 19 heavy (non-hydrogen) atoms. The Morgan fingerprint density at radius 3 is 2.95 bits per heavy atom. The van der Waals surface area contributed by atoms with E-state index in [0.717, 1.165) is 5.39 Å². The van der Waals surface area contributed by atoms with E-state index in [2.05, 4.69) is 10.3 Å². The second-order valence-electron chi connectivity index (χ2n) is 4.40. The van der Waals surface area contributed by atoms with Gasteiger partial charge in [0.1, 0.15) is 5.15 Å². The van der Waals surface area contributed by atoms with Gasteiger partial charge >= 0.3 is 0 Å². The van der Waals surface area contributed by atoms with E-state index in [4.69, 9.17) is 16.7 Å². The molecular weight excluding hydrogens is 264 g/mol. The fourth-order valence-corrected chi connectivity index (χ4v) is 2.10. The van der Waals surface area contributed by atoms with E-state index in [9.17, 15) is 4.79 Å². The summed E-state index contributed by atoms with van der Waals surface area (Å²) >= 11 is 5.93. The number of hydrogen-bond donors (Lipinski definition) is 2. The summed E-state index contributed by atoms with van der Waals surface area (Å²) < 4.78 is 0. The topological polar surface area (TPSA) is 62.2 Å². The van der Waals surface area contributed by atoms with Gasteiger partial charge < -0.3 is 10.4 Å². The van der Waals surface area contributed by atoms with Crippen molar-refractivity contribution in [2.24, 2.45) is 0 Å². The van der Waals surface area contributed by atoms with Gasteiger partial charge in [0.05, 0.1) is 11.1 Å². The van der Waals surface area contributed by atoms with E-state index < -0.39 is 0 Å². The molecule has 0 aliphatic carbocycles. The van der Waals surface area contributed by atoms with Crippen LogP contribution in [0.25, 0.3) is 10.9 Å². The van der Waals surface area contributed by atoms with E-state index >= 15 is 0 Å². The van der Waals surface area contributed by atoms with E-state index in [0.29, 0.717) is 22.7 Å². The Balaban J connectivity index is 2.36. The third-order valence-electron chi connectivity index (χ3n) is 2.87. The molecule has 0 aliphatic rings. The maximum absolute atomic E-state index is 12.2. The number of aliphatic hydroxyl groups excluding tert-OH is 1. The highest BCUT2D eigenvalue weighted by molar-refractivity contribution is 6.30. The number of halogens is 1. The van der Waals surface area contributed by atoms with Gasteiger partial charge in [0, 0.05) is 18.0 Å². The van der Waals surface area contributed by atoms with Crippen LogP contribution in [-0.4, -0.2) is 28.6 Å². The van der Waals surface area contributed by atoms with Gasteiger partial charge in [0.15, 0.2) is 0 Å². The standard InChI is InChI=1S/C14H15ClN2O2/c1-9(6-7-18)16-14(19)11-8-13(15)17-12-5-3-2-4-10(11)12/h2-5,8-9,18H,6-7H2,1H3,(H,16,19). The fourth-order valence-electron chi connectivity index (χ4n) is 1.90. The van der Waals surface area contributed by atoms with Crippen LogP contribution in [0.2, 0.25) is 5.15 Å². The summed E-state index contributed by atoms with van der Waals surface area (Å²) in [5.74, 6) is -0.207. The smallest absolute Gasteiger partial charge is 0.252 e. The van der Waals surface area contributed by atoms with Crippen LogP contribution < -0.4 is 5.32 Å². The number of nitrogens with zero attached hydrogens (tertiary/aromatic N) is 1. The molecule has 0 aliphatic heterocycles. The minimum atomic E-state index is -0.207. The lowest BCUT2D eigenvalue weighted by molar-refractivity contribution is 0.0936. The van der Waals surface area contributed by atoms with Gasteiger partial charge in [0.25, 0.3) is 5.91 Å². The average molecular weight is 279 g/mol. The summed E-state index contributed by atoms with van der Waals surface area (Å²) in [5, 5.41) is 12.7. The zero-order chi connectivity index (χ0) is 13.8. The zero-order valence-electron chi connectivity index (χ0n) is 10.6. The van der Waals surface area contributed by atoms with Crippen LogP contribution in [0, 0.1) is 0 Å². The maximum atomic E-state index is 12.2. The van der Waals surface area contributed by atoms with Gasteiger partial charge in [-0.1, -0.05) is 29.8 Å². The molecule has 4 nitrogen and oxygen atoms in total. The Labute approximate surface area is 116 Å². The molecule has 0 radical (unpaired) electrons. The molecule has 0 spiro atoms. The molecule has 2 aromatic rings. The van der Waals surface area contributed by atoms with Crippen LogP contribution in [-0.2, 0) is 0 Å². The van der Waals surface area contributed by atoms with Crippen LogP contribution in [0.15, 0.2) is 30.3 Å². The number of benzene rings is 1. The highest BCUT2D eigenvalue weighted by Gasteiger charge is 2.14. The van der Waals surface area contributed by atoms with Crippen LogP contribution in [0.4, 0.5) is 0 Å². The molecule has 100 valence electrons. The molecule has 0 saturated heterocycles. The lowest BCUT2D eigenvalue weighted by Crippen LogP contribution is -2.33. The third-order valence-corrected chi connectivity index (χ3v) is 3.06. The normalized spacial score (nSPS) is 12.4. The fraction of sp³-hybridized carbons (Fsp3) is 0.286. The quantitative estimate of drug-likeness (QED) is 0.844. The number of carbonyl (C=O) groups is 1. The number of aromatic nitrogens is 1. The van der Waals surface area contributed by atoms with Crippen molar-refractivity contribution in [2.75, 3.05) is 6.61 Å². The van der Waals surface area contributed by atoms with Crippen molar-refractivity contribution in [3.05, 3.63) is 41.0 Å². The first kappa shape index (κ1) is 13.8. The first-order valence-electron chi connectivity index (χ1n) is 6.09. The minimum Gasteiger partial charge on any atom is -0.396 e. The third kappa shape index (κ3) is 3.22. The van der Waals surface area contributed by atoms with Crippen LogP contribution in [0.5, 0.6) is 0 Å². The summed E-state index contributed by atoms with van der Waals surface area (Å²) in [4.78, 5) is 16.4. The molecule has 2 N–H and O–H groups in total. The first-order chi connectivity index (χ1) is 9.11. The molecule has 2 rings (SSSR count). The summed E-state index contributed by atoms with van der Waals surface area (Å²) in [5.41, 5.74) is 1.19. The number of rotatable bonds is 4. The summed E-state index contributed by atoms with van der Waals surface area (Å²) in [7, 11) is 0. The Bertz CT molecular complexity index is 601. The molecule has 1 aromatic carbocycles. The molecule has 0 bridgehead atoms. The average Bonchev–Trinajstić information content (AvgIpc) is 2.37. The SMILES string of the molecule is CC(CCO)NC(=O)c1cc(Cl)nc2ccccc12. The highest BCUT2D eigenvalue weighted by atomic mass is 35.5. The number of fused-ring (bicyclic) bond motifs is 1. The number of pyridine rings is 1. The predicted octanol–water partition coefficient (Wildman–Crippen LogP) is 2.39. The van der Waals surface area contributed by atoms with E-state index in [1.54, 1.807) is 6.07 Å². The van der Waals surface area contributed by atoms with Gasteiger partial charge in [-0.2, -0.15) is 0 Å². The number of carbonyl (C=O) groups excluding carboxylic acids is 1. The van der Waals surface area contributed by atoms with Crippen LogP contribution in [0.3, 0.4) is 0 Å². The van der Waals surface area contributed by atoms with Crippen molar-refractivity contribution in [3.63, 3.8) is 0 Å². The monoisotopic (exact) mass is 278 g/mol. The van der Waals surface area contributed by atoms with Crippen molar-refractivity contribution in [3.8, 4) is 0 Å². The van der Waals surface area contributed by atoms with Gasteiger partial charge in [-0.05, 0) is 25.5 Å². The maximum Gasteiger partial charge on any atom is 0.252 e. The van der Waals surface area contributed by atoms with Crippen LogP contribution in [0.1, 0.15) is 23.7 Å². The molecule has 5 heteroatoms. The number of hydrogen-bond acceptors (Lipinski definition) is 3. The van der Waals surface area contributed by atoms with Gasteiger partial charge in [0.2, 0.25) is 0 Å². The molecule has 0 saturated carbocycles. The van der Waals surface area contributed by atoms with Crippen molar-refractivity contribution in [2.45, 2.75) is 19.4 Å². The van der Waals surface area contributed by atoms with Gasteiger partial charge in [-0.25, -0.2) is 4.98 Å². The second kappa shape index (κ2) is 5.99. The van der Waals surface area contributed by atoms with Crippen molar-refractivity contribution in [1.29, 1.82) is 0 Å². The van der Waals surface area contributed by atoms with Gasteiger partial charge in [-0.3, -0.25) is 4.79 Å². The molecule has 1 aromatic heterocycles. The Morgan fingerprint density at radius 2 is 2.21 bits per heavy atom. The summed E-state index contributed by atoms with van der Waals surface area (Å²) in [6.07, 6.45) is 0.516. The van der Waals surface area contributed by atoms with E-state index in [-0.39, 0.29) is 18.6 Å². The largest absolute Gasteiger partial charge is 0.396 e. The molecule has 1 atom stereocenters. The van der Waals surface area contributed by atoms with E-state index in [1.165, 1.54) is 0 Å². The van der Waals surface area contributed by atoms with Gasteiger partial charge in [-0.15, -0.1) is 0 Å². The Kier molecular flexibility index (Phi) is 4.35. The minimum absolute atomic E-state index is 0.0410. The molecule has 0 fully saturated rings. The molecular formula is C14H15ClN2O2. The summed E-state index contributed by atoms with van der Waals surface area (Å²) in [6, 6.07) is 8.82. The Morgan fingerprint density at radius 1 is 1.47 bits per heavy atom. The second-order valence-corrected chi connectivity index (χ2v) is 4.78. The number of para-hydroxylation sites is 1. The molecule has 1 amide bonds. The zero-order valence-corrected chi connectivity index (χ0v) is 11.3. The number of aliphatic hydroxyl groups is 1. The molecule has 1 heterocycles. The lowest BCUT2D eigenvalue weighted by Gasteiger charge is -2.13. The lowest BCUT2D eigenvalue weighted by atomic mass is 10.1. The highest BCUT2D eigenvalue weighted by Crippen LogP contribution is 2.20. The number of nitrogens with one attached hydrogen (secondary N) is 1. The predicted molar refractivity (Wildman–Crippen MR) is 75.4 cm³/mol. The summed E-state index contributed by atoms with van der Waals surface area (Å²) in [6.45, 7) is 1.89. The van der Waals surface area contributed by atoms with Crippen LogP contribution >= 0.6 is 11.6 Å². The van der Waals surface area contributed by atoms with E-state index in [1.807, 2.05) is 31.2 Å².